The van der Waals surface area contributed by atoms with Gasteiger partial charge in [0.1, 0.15) is 24.7 Å². The molecule has 236 valence electrons. The van der Waals surface area contributed by atoms with Crippen molar-refractivity contribution in [3.63, 3.8) is 0 Å². The number of hydrogen-bond donors (Lipinski definition) is 4. The Morgan fingerprint density at radius 3 is 1.57 bits per heavy atom. The maximum Gasteiger partial charge on any atom is 0.280 e. The van der Waals surface area contributed by atoms with Gasteiger partial charge in [-0.15, -0.1) is 0 Å². The molecule has 0 aliphatic carbocycles. The molecule has 7 heterocycles. The number of imidazole rings is 2. The predicted octanol–water partition coefficient (Wildman–Crippen LogP) is -2.25. The van der Waals surface area contributed by atoms with Crippen molar-refractivity contribution in [3.8, 4) is 0 Å². The fraction of sp³-hybridized carbons (Fsp3) is 0.500. The van der Waals surface area contributed by atoms with Gasteiger partial charge in [0.2, 0.25) is 11.9 Å². The molecular weight excluding hydrogens is 634 g/mol. The number of aromatic amines is 2. The van der Waals surface area contributed by atoms with E-state index < -0.39 is 76.8 Å². The van der Waals surface area contributed by atoms with E-state index in [0.717, 1.165) is 0 Å². The number of phosphoric acid groups is 2. The zero-order chi connectivity index (χ0) is 31.0. The van der Waals surface area contributed by atoms with E-state index in [0.29, 0.717) is 0 Å². The van der Waals surface area contributed by atoms with Gasteiger partial charge in [0.25, 0.3) is 26.8 Å². The minimum absolute atomic E-state index is 0.0431. The van der Waals surface area contributed by atoms with E-state index in [1.165, 1.54) is 21.8 Å². The van der Waals surface area contributed by atoms with E-state index in [9.17, 15) is 28.5 Å². The fourth-order valence-corrected chi connectivity index (χ4v) is 7.18. The van der Waals surface area contributed by atoms with Crippen molar-refractivity contribution in [2.75, 3.05) is 24.7 Å². The van der Waals surface area contributed by atoms with Crippen LogP contribution in [-0.2, 0) is 36.7 Å². The summed E-state index contributed by atoms with van der Waals surface area (Å²) in [4.78, 5) is 70.9. The maximum atomic E-state index is 12.9. The Balaban J connectivity index is 1.13. The summed E-state index contributed by atoms with van der Waals surface area (Å²) in [6, 6.07) is 0. The van der Waals surface area contributed by atoms with E-state index >= 15 is 0 Å². The molecule has 4 aromatic rings. The van der Waals surface area contributed by atoms with Gasteiger partial charge in [-0.25, -0.2) is 9.97 Å². The zero-order valence-corrected chi connectivity index (χ0v) is 23.9. The first-order valence-corrected chi connectivity index (χ1v) is 15.8. The van der Waals surface area contributed by atoms with Gasteiger partial charge >= 0.3 is 0 Å². The molecule has 2 unspecified atom stereocenters. The molecule has 0 bridgehead atoms. The fourth-order valence-electron chi connectivity index (χ4n) is 5.29. The Hall–Kier alpha value is -3.56. The number of hydrogen-bond acceptors (Lipinski definition) is 18. The van der Waals surface area contributed by atoms with Crippen molar-refractivity contribution in [2.45, 2.75) is 49.7 Å². The lowest BCUT2D eigenvalue weighted by atomic mass is 10.2. The second kappa shape index (κ2) is 10.5. The third-order valence-corrected chi connectivity index (χ3v) is 9.19. The SMILES string of the molecule is Nc1nc2c(ncn2[C@H]2C[C@H]3OP(=O)([O-])OC[C@H]4O[C@@H](n5cnc6c(=O)[nH]c(N)nc65)C[C@H]4OP(=O)([O-])OC[C@@H]3O2)c(=O)[nH]1. The smallest absolute Gasteiger partial charge is 0.280 e. The zero-order valence-electron chi connectivity index (χ0n) is 22.1. The van der Waals surface area contributed by atoms with Gasteiger partial charge in [-0.1, -0.05) is 0 Å². The number of anilines is 2. The normalized spacial score (nSPS) is 34.9. The highest BCUT2D eigenvalue weighted by atomic mass is 31.2. The lowest BCUT2D eigenvalue weighted by molar-refractivity contribution is -0.242. The molecule has 0 aromatic carbocycles. The lowest BCUT2D eigenvalue weighted by Crippen LogP contribution is -2.35. The first kappa shape index (κ1) is 29.2. The summed E-state index contributed by atoms with van der Waals surface area (Å²) in [6.45, 7) is -1.41. The summed E-state index contributed by atoms with van der Waals surface area (Å²) in [7, 11) is -10.1. The van der Waals surface area contributed by atoms with Crippen LogP contribution in [0.4, 0.5) is 11.9 Å². The first-order valence-electron chi connectivity index (χ1n) is 12.9. The van der Waals surface area contributed by atoms with Crippen molar-refractivity contribution >= 4 is 49.9 Å². The molecule has 3 saturated heterocycles. The second-order valence-electron chi connectivity index (χ2n) is 10.1. The number of phosphoric ester groups is 2. The monoisotopic (exact) mass is 656 g/mol. The average Bonchev–Trinajstić information content (AvgIpc) is 3.70. The average molecular weight is 656 g/mol. The number of nitrogens with one attached hydrogen (secondary N) is 2. The quantitative estimate of drug-likeness (QED) is 0.165. The van der Waals surface area contributed by atoms with E-state index in [1.54, 1.807) is 0 Å². The van der Waals surface area contributed by atoms with Crippen LogP contribution in [0.25, 0.3) is 22.3 Å². The van der Waals surface area contributed by atoms with Crippen LogP contribution in [0.1, 0.15) is 25.3 Å². The summed E-state index contributed by atoms with van der Waals surface area (Å²) in [6.07, 6.45) is -4.98. The number of ether oxygens (including phenoxy) is 2. The van der Waals surface area contributed by atoms with Crippen molar-refractivity contribution in [3.05, 3.63) is 33.4 Å². The number of nitrogens with zero attached hydrogens (tertiary/aromatic N) is 6. The third-order valence-electron chi connectivity index (χ3n) is 7.21. The van der Waals surface area contributed by atoms with Crippen LogP contribution in [0.5, 0.6) is 0 Å². The highest BCUT2D eigenvalue weighted by Crippen LogP contribution is 2.50. The molecule has 3 aliphatic heterocycles. The van der Waals surface area contributed by atoms with E-state index in [4.69, 9.17) is 39.0 Å². The summed E-state index contributed by atoms with van der Waals surface area (Å²) >= 11 is 0. The van der Waals surface area contributed by atoms with Gasteiger partial charge < -0.3 is 48.8 Å². The molecule has 3 aliphatic rings. The van der Waals surface area contributed by atoms with Crippen LogP contribution >= 0.6 is 15.6 Å². The van der Waals surface area contributed by atoms with Crippen LogP contribution in [0.15, 0.2) is 22.2 Å². The molecule has 0 spiro atoms. The Labute approximate surface area is 243 Å². The number of aromatic nitrogens is 8. The predicted molar refractivity (Wildman–Crippen MR) is 139 cm³/mol. The van der Waals surface area contributed by atoms with Gasteiger partial charge in [0.05, 0.1) is 38.1 Å². The third kappa shape index (κ3) is 5.34. The molecule has 0 saturated carbocycles. The molecule has 6 N–H and O–H groups in total. The molecule has 8 atom stereocenters. The summed E-state index contributed by atoms with van der Waals surface area (Å²) in [5.41, 5.74) is 10.1. The molecule has 0 radical (unpaired) electrons. The van der Waals surface area contributed by atoms with Gasteiger partial charge in [0, 0.05) is 12.8 Å². The number of rotatable bonds is 2. The minimum atomic E-state index is -5.07. The molecular formula is C20H22N10O12P2-2. The Morgan fingerprint density at radius 1 is 0.750 bits per heavy atom. The highest BCUT2D eigenvalue weighted by molar-refractivity contribution is 7.46. The molecule has 7 rings (SSSR count). The summed E-state index contributed by atoms with van der Waals surface area (Å²) < 4.78 is 60.9. The second-order valence-corrected chi connectivity index (χ2v) is 12.8. The summed E-state index contributed by atoms with van der Waals surface area (Å²) in [5, 5.41) is 0. The van der Waals surface area contributed by atoms with Crippen molar-refractivity contribution < 1.29 is 46.5 Å². The van der Waals surface area contributed by atoms with Crippen LogP contribution < -0.4 is 32.4 Å². The number of fused-ring (bicyclic) bond motifs is 4. The Kier molecular flexibility index (Phi) is 6.97. The highest BCUT2D eigenvalue weighted by Gasteiger charge is 2.44. The molecule has 4 aromatic heterocycles. The van der Waals surface area contributed by atoms with Crippen LogP contribution in [0, 0.1) is 0 Å². The summed E-state index contributed by atoms with van der Waals surface area (Å²) in [5.74, 6) is -0.388. The number of nitrogen functional groups attached to an aromatic ring is 2. The van der Waals surface area contributed by atoms with Crippen LogP contribution in [0.2, 0.25) is 0 Å². The van der Waals surface area contributed by atoms with Gasteiger partial charge in [-0.2, -0.15) is 9.97 Å². The van der Waals surface area contributed by atoms with Crippen LogP contribution in [0.3, 0.4) is 0 Å². The van der Waals surface area contributed by atoms with Crippen molar-refractivity contribution in [1.29, 1.82) is 0 Å². The molecule has 3 fully saturated rings. The minimum Gasteiger partial charge on any atom is -0.756 e. The van der Waals surface area contributed by atoms with Crippen LogP contribution in [-0.4, -0.2) is 76.7 Å². The standard InChI is InChI=1S/C20H24N10O12P2/c21-19-25-15-13(17(31)27-19)23-5-29(15)11-1-7-9(39-11)3-37-44(35,36)42-8-2-12(40-10(8)4-38-43(33,34)41-7)30-6-24-14-16(30)26-20(22)28-18(14)32/h5-12H,1-4H2,(H,33,34)(H,35,36)(H3,21,25,27,31)(H3,22,26,28,32)/p-2/t7-,8-,9-,10+,11-,12-/m1/s1. The molecule has 0 amide bonds. The van der Waals surface area contributed by atoms with E-state index in [1.807, 2.05) is 0 Å². The number of nitrogens with two attached hydrogens (primary N) is 2. The lowest BCUT2D eigenvalue weighted by Gasteiger charge is -2.33. The molecule has 44 heavy (non-hydrogen) atoms. The topological polar surface area (TPSA) is 315 Å². The number of H-pyrrole nitrogens is 2. The maximum absolute atomic E-state index is 12.9. The van der Waals surface area contributed by atoms with Crippen molar-refractivity contribution in [2.24, 2.45) is 0 Å². The van der Waals surface area contributed by atoms with Gasteiger partial charge in [-0.3, -0.25) is 37.8 Å². The Morgan fingerprint density at radius 2 is 1.16 bits per heavy atom. The van der Waals surface area contributed by atoms with Gasteiger partial charge in [-0.05, 0) is 0 Å². The van der Waals surface area contributed by atoms with Crippen molar-refractivity contribution in [1.82, 2.24) is 39.0 Å². The first-order chi connectivity index (χ1) is 20.9. The van der Waals surface area contributed by atoms with E-state index in [-0.39, 0.29) is 47.1 Å². The molecule has 24 heteroatoms. The van der Waals surface area contributed by atoms with E-state index in [2.05, 4.69) is 29.9 Å². The Bertz CT molecular complexity index is 1840. The largest absolute Gasteiger partial charge is 0.756 e. The van der Waals surface area contributed by atoms with Gasteiger partial charge in [0.15, 0.2) is 22.3 Å². The molecule has 22 nitrogen and oxygen atoms in total.